The zero-order valence-corrected chi connectivity index (χ0v) is 14.1. The third-order valence-electron chi connectivity index (χ3n) is 5.84. The van der Waals surface area contributed by atoms with Crippen molar-refractivity contribution in [3.05, 3.63) is 0 Å². The van der Waals surface area contributed by atoms with E-state index in [9.17, 15) is 0 Å². The van der Waals surface area contributed by atoms with Crippen molar-refractivity contribution in [3.8, 4) is 0 Å². The lowest BCUT2D eigenvalue weighted by Crippen LogP contribution is -2.53. The number of likely N-dealkylation sites (tertiary alicyclic amines) is 2. The first-order valence-corrected chi connectivity index (χ1v) is 9.04. The van der Waals surface area contributed by atoms with Gasteiger partial charge in [0, 0.05) is 45.3 Å². The molecule has 0 aromatic heterocycles. The van der Waals surface area contributed by atoms with Crippen molar-refractivity contribution in [1.82, 2.24) is 19.6 Å². The Balaban J connectivity index is 1.28. The fraction of sp³-hybridized carbons (Fsp3) is 1.00. The highest BCUT2D eigenvalue weighted by Gasteiger charge is 2.27. The molecule has 3 heterocycles. The summed E-state index contributed by atoms with van der Waals surface area (Å²) in [5.41, 5.74) is 0. The van der Waals surface area contributed by atoms with Gasteiger partial charge in [-0.05, 0) is 65.3 Å². The van der Waals surface area contributed by atoms with Crippen molar-refractivity contribution in [2.24, 2.45) is 5.92 Å². The Bertz CT molecular complexity index is 300. The zero-order valence-electron chi connectivity index (χ0n) is 14.1. The summed E-state index contributed by atoms with van der Waals surface area (Å²) in [5, 5.41) is 0. The van der Waals surface area contributed by atoms with Gasteiger partial charge in [0.25, 0.3) is 0 Å². The molecule has 0 spiro atoms. The van der Waals surface area contributed by atoms with Gasteiger partial charge in [0.1, 0.15) is 0 Å². The maximum Gasteiger partial charge on any atom is 0.0121 e. The summed E-state index contributed by atoms with van der Waals surface area (Å²) in [6.45, 7) is 11.8. The van der Waals surface area contributed by atoms with E-state index in [1.165, 1.54) is 84.6 Å². The number of piperidine rings is 1. The van der Waals surface area contributed by atoms with Gasteiger partial charge in [-0.3, -0.25) is 4.90 Å². The largest absolute Gasteiger partial charge is 0.306 e. The average molecular weight is 294 g/mol. The third-order valence-corrected chi connectivity index (χ3v) is 5.84. The molecule has 21 heavy (non-hydrogen) atoms. The van der Waals surface area contributed by atoms with Gasteiger partial charge in [0.2, 0.25) is 0 Å². The van der Waals surface area contributed by atoms with Gasteiger partial charge in [-0.25, -0.2) is 0 Å². The Hall–Kier alpha value is -0.160. The molecular formula is C17H34N4. The first-order chi connectivity index (χ1) is 10.2. The van der Waals surface area contributed by atoms with Crippen molar-refractivity contribution < 1.29 is 0 Å². The molecule has 3 fully saturated rings. The molecule has 4 nitrogen and oxygen atoms in total. The summed E-state index contributed by atoms with van der Waals surface area (Å²) < 4.78 is 0. The Morgan fingerprint density at radius 3 is 2.10 bits per heavy atom. The molecule has 122 valence electrons. The van der Waals surface area contributed by atoms with Gasteiger partial charge in [-0.2, -0.15) is 0 Å². The van der Waals surface area contributed by atoms with E-state index in [1.807, 2.05) is 0 Å². The molecule has 0 atom stereocenters. The molecule has 0 aromatic rings. The second-order valence-corrected chi connectivity index (χ2v) is 7.64. The quantitative estimate of drug-likeness (QED) is 0.751. The van der Waals surface area contributed by atoms with Crippen LogP contribution in [0, 0.1) is 5.92 Å². The summed E-state index contributed by atoms with van der Waals surface area (Å²) in [6, 6.07) is 0.869. The van der Waals surface area contributed by atoms with Crippen LogP contribution in [0.5, 0.6) is 0 Å². The molecule has 0 aromatic carbocycles. The van der Waals surface area contributed by atoms with Gasteiger partial charge in [-0.1, -0.05) is 0 Å². The van der Waals surface area contributed by atoms with E-state index in [1.54, 1.807) is 0 Å². The minimum absolute atomic E-state index is 0.869. The van der Waals surface area contributed by atoms with E-state index < -0.39 is 0 Å². The van der Waals surface area contributed by atoms with E-state index in [4.69, 9.17) is 0 Å². The second kappa shape index (κ2) is 7.40. The SMILES string of the molecule is CN1CCC(N2CCN(CCCC3CN(C)C3)CC2)CC1. The molecule has 0 bridgehead atoms. The van der Waals surface area contributed by atoms with Crippen LogP contribution >= 0.6 is 0 Å². The maximum atomic E-state index is 2.77. The highest BCUT2D eigenvalue weighted by Crippen LogP contribution is 2.20. The zero-order chi connectivity index (χ0) is 14.7. The molecular weight excluding hydrogens is 260 g/mol. The molecule has 0 aliphatic carbocycles. The number of piperazine rings is 1. The molecule has 3 rings (SSSR count). The summed E-state index contributed by atoms with van der Waals surface area (Å²) in [5.74, 6) is 0.996. The van der Waals surface area contributed by atoms with Crippen molar-refractivity contribution in [2.45, 2.75) is 31.7 Å². The molecule has 4 heteroatoms. The van der Waals surface area contributed by atoms with Crippen LogP contribution in [0.3, 0.4) is 0 Å². The third kappa shape index (κ3) is 4.41. The fourth-order valence-electron chi connectivity index (χ4n) is 4.33. The molecule has 0 radical (unpaired) electrons. The van der Waals surface area contributed by atoms with Gasteiger partial charge in [0.05, 0.1) is 0 Å². The Labute approximate surface area is 131 Å². The smallest absolute Gasteiger partial charge is 0.0121 e. The Morgan fingerprint density at radius 1 is 0.810 bits per heavy atom. The predicted octanol–water partition coefficient (Wildman–Crippen LogP) is 1.04. The summed E-state index contributed by atoms with van der Waals surface area (Å²) in [7, 11) is 4.49. The lowest BCUT2D eigenvalue weighted by Gasteiger charge is -2.42. The van der Waals surface area contributed by atoms with Crippen LogP contribution in [-0.4, -0.2) is 98.6 Å². The van der Waals surface area contributed by atoms with Crippen LogP contribution in [0.1, 0.15) is 25.7 Å². The van der Waals surface area contributed by atoms with Crippen LogP contribution in [-0.2, 0) is 0 Å². The van der Waals surface area contributed by atoms with Crippen LogP contribution in [0.4, 0.5) is 0 Å². The monoisotopic (exact) mass is 294 g/mol. The van der Waals surface area contributed by atoms with Gasteiger partial charge in [-0.15, -0.1) is 0 Å². The van der Waals surface area contributed by atoms with E-state index in [0.717, 1.165) is 12.0 Å². The minimum atomic E-state index is 0.869. The van der Waals surface area contributed by atoms with Crippen LogP contribution in [0.25, 0.3) is 0 Å². The van der Waals surface area contributed by atoms with Gasteiger partial charge in [0.15, 0.2) is 0 Å². The topological polar surface area (TPSA) is 13.0 Å². The van der Waals surface area contributed by atoms with Gasteiger partial charge >= 0.3 is 0 Å². The fourth-order valence-corrected chi connectivity index (χ4v) is 4.33. The molecule has 3 aliphatic heterocycles. The summed E-state index contributed by atoms with van der Waals surface area (Å²) in [4.78, 5) is 10.4. The first kappa shape index (κ1) is 15.7. The van der Waals surface area contributed by atoms with Crippen LogP contribution in [0.15, 0.2) is 0 Å². The van der Waals surface area contributed by atoms with E-state index in [-0.39, 0.29) is 0 Å². The van der Waals surface area contributed by atoms with E-state index in [2.05, 4.69) is 33.7 Å². The van der Waals surface area contributed by atoms with Crippen molar-refractivity contribution >= 4 is 0 Å². The maximum absolute atomic E-state index is 2.77. The molecule has 0 unspecified atom stereocenters. The molecule has 0 saturated carbocycles. The van der Waals surface area contributed by atoms with E-state index in [0.29, 0.717) is 0 Å². The lowest BCUT2D eigenvalue weighted by atomic mass is 9.95. The summed E-state index contributed by atoms with van der Waals surface area (Å²) >= 11 is 0. The van der Waals surface area contributed by atoms with Crippen LogP contribution < -0.4 is 0 Å². The number of nitrogens with zero attached hydrogens (tertiary/aromatic N) is 4. The Morgan fingerprint density at radius 2 is 1.48 bits per heavy atom. The first-order valence-electron chi connectivity index (χ1n) is 9.04. The minimum Gasteiger partial charge on any atom is -0.306 e. The second-order valence-electron chi connectivity index (χ2n) is 7.64. The number of rotatable bonds is 5. The number of hydrogen-bond donors (Lipinski definition) is 0. The molecule has 3 saturated heterocycles. The lowest BCUT2D eigenvalue weighted by molar-refractivity contribution is 0.0610. The van der Waals surface area contributed by atoms with Crippen molar-refractivity contribution in [2.75, 3.05) is 73.0 Å². The van der Waals surface area contributed by atoms with Crippen molar-refractivity contribution in [3.63, 3.8) is 0 Å². The van der Waals surface area contributed by atoms with Crippen LogP contribution in [0.2, 0.25) is 0 Å². The van der Waals surface area contributed by atoms with Gasteiger partial charge < -0.3 is 14.7 Å². The van der Waals surface area contributed by atoms with E-state index >= 15 is 0 Å². The molecule has 0 amide bonds. The standard InChI is InChI=1S/C17H34N4/c1-18-8-5-17(6-9-18)21-12-10-20(11-13-21)7-3-4-16-14-19(2)15-16/h16-17H,3-15H2,1-2H3. The highest BCUT2D eigenvalue weighted by molar-refractivity contribution is 4.83. The number of hydrogen-bond acceptors (Lipinski definition) is 4. The normalized spacial score (nSPS) is 28.9. The summed E-state index contributed by atoms with van der Waals surface area (Å²) in [6.07, 6.45) is 5.61. The highest BCUT2D eigenvalue weighted by atomic mass is 15.3. The average Bonchev–Trinajstić information content (AvgIpc) is 2.47. The molecule has 3 aliphatic rings. The molecule has 0 N–H and O–H groups in total. The van der Waals surface area contributed by atoms with Crippen molar-refractivity contribution in [1.29, 1.82) is 0 Å². The predicted molar refractivity (Wildman–Crippen MR) is 88.8 cm³/mol. The Kier molecular flexibility index (Phi) is 5.54.